The van der Waals surface area contributed by atoms with Gasteiger partial charge in [0.05, 0.1) is 5.75 Å². The number of thioether (sulfide) groups is 1. The van der Waals surface area contributed by atoms with Crippen molar-refractivity contribution in [3.8, 4) is 0 Å². The largest absolute Gasteiger partial charge is 0.399 e. The number of hydrogen-bond acceptors (Lipinski definition) is 3. The fraction of sp³-hybridized carbons (Fsp3) is 0.125. The molecule has 0 aliphatic rings. The van der Waals surface area contributed by atoms with E-state index in [-0.39, 0.29) is 5.91 Å². The van der Waals surface area contributed by atoms with Crippen LogP contribution in [0.3, 0.4) is 0 Å². The van der Waals surface area contributed by atoms with Crippen molar-refractivity contribution in [2.75, 3.05) is 11.5 Å². The SMILES string of the molecule is NC(=O)CSc1ccc(N)cc1. The number of amides is 1. The van der Waals surface area contributed by atoms with E-state index in [1.165, 1.54) is 11.8 Å². The lowest BCUT2D eigenvalue weighted by Gasteiger charge is -1.98. The minimum Gasteiger partial charge on any atom is -0.399 e. The van der Waals surface area contributed by atoms with Crippen molar-refractivity contribution in [3.63, 3.8) is 0 Å². The van der Waals surface area contributed by atoms with Crippen molar-refractivity contribution in [1.82, 2.24) is 0 Å². The van der Waals surface area contributed by atoms with Crippen LogP contribution in [0.4, 0.5) is 5.69 Å². The first-order valence-electron chi connectivity index (χ1n) is 3.45. The van der Waals surface area contributed by atoms with E-state index in [0.717, 1.165) is 10.6 Å². The van der Waals surface area contributed by atoms with E-state index in [1.54, 1.807) is 12.1 Å². The predicted octanol–water partition coefficient (Wildman–Crippen LogP) is 0.846. The monoisotopic (exact) mass is 182 g/mol. The zero-order chi connectivity index (χ0) is 8.97. The quantitative estimate of drug-likeness (QED) is 0.537. The molecule has 0 saturated carbocycles. The lowest BCUT2D eigenvalue weighted by atomic mass is 10.3. The van der Waals surface area contributed by atoms with Gasteiger partial charge in [-0.2, -0.15) is 0 Å². The molecule has 0 aromatic heterocycles. The summed E-state index contributed by atoms with van der Waals surface area (Å²) in [6, 6.07) is 7.32. The minimum absolute atomic E-state index is 0.308. The summed E-state index contributed by atoms with van der Waals surface area (Å²) in [4.78, 5) is 11.4. The molecule has 1 aromatic rings. The Bertz CT molecular complexity index is 271. The van der Waals surface area contributed by atoms with Gasteiger partial charge in [0.1, 0.15) is 0 Å². The third-order valence-corrected chi connectivity index (χ3v) is 2.30. The maximum absolute atomic E-state index is 10.4. The van der Waals surface area contributed by atoms with E-state index in [1.807, 2.05) is 12.1 Å². The van der Waals surface area contributed by atoms with E-state index >= 15 is 0 Å². The molecule has 0 aliphatic carbocycles. The smallest absolute Gasteiger partial charge is 0.227 e. The first kappa shape index (κ1) is 8.93. The summed E-state index contributed by atoms with van der Waals surface area (Å²) in [7, 11) is 0. The number of primary amides is 1. The van der Waals surface area contributed by atoms with Gasteiger partial charge >= 0.3 is 0 Å². The molecule has 0 aliphatic heterocycles. The van der Waals surface area contributed by atoms with Gasteiger partial charge in [-0.3, -0.25) is 4.79 Å². The summed E-state index contributed by atoms with van der Waals surface area (Å²) in [5.41, 5.74) is 11.2. The summed E-state index contributed by atoms with van der Waals surface area (Å²) < 4.78 is 0. The number of carbonyl (C=O) groups excluding carboxylic acids is 1. The molecular weight excluding hydrogens is 172 g/mol. The maximum atomic E-state index is 10.4. The van der Waals surface area contributed by atoms with Gasteiger partial charge in [-0.25, -0.2) is 0 Å². The van der Waals surface area contributed by atoms with Crippen molar-refractivity contribution >= 4 is 23.4 Å². The highest BCUT2D eigenvalue weighted by Gasteiger charge is 1.96. The van der Waals surface area contributed by atoms with Crippen molar-refractivity contribution in [2.24, 2.45) is 5.73 Å². The molecule has 1 aromatic carbocycles. The highest BCUT2D eigenvalue weighted by molar-refractivity contribution is 8.00. The summed E-state index contributed by atoms with van der Waals surface area (Å²) in [6.45, 7) is 0. The standard InChI is InChI=1S/C8H10N2OS/c9-6-1-3-7(4-2-6)12-5-8(10)11/h1-4H,5,9H2,(H2,10,11). The molecule has 0 bridgehead atoms. The molecule has 3 nitrogen and oxygen atoms in total. The van der Waals surface area contributed by atoms with Crippen LogP contribution in [0.15, 0.2) is 29.2 Å². The molecule has 4 heteroatoms. The average Bonchev–Trinajstić information content (AvgIpc) is 2.03. The number of rotatable bonds is 3. The van der Waals surface area contributed by atoms with Crippen LogP contribution in [0.5, 0.6) is 0 Å². The summed E-state index contributed by atoms with van der Waals surface area (Å²) in [6.07, 6.45) is 0. The van der Waals surface area contributed by atoms with Crippen LogP contribution in [0, 0.1) is 0 Å². The second-order valence-corrected chi connectivity index (χ2v) is 3.37. The van der Waals surface area contributed by atoms with Gasteiger partial charge in [0.25, 0.3) is 0 Å². The molecule has 1 amide bonds. The van der Waals surface area contributed by atoms with Gasteiger partial charge in [-0.1, -0.05) is 0 Å². The van der Waals surface area contributed by atoms with Crippen LogP contribution in [-0.4, -0.2) is 11.7 Å². The van der Waals surface area contributed by atoms with Crippen molar-refractivity contribution in [3.05, 3.63) is 24.3 Å². The van der Waals surface area contributed by atoms with Crippen molar-refractivity contribution in [2.45, 2.75) is 4.90 Å². The lowest BCUT2D eigenvalue weighted by Crippen LogP contribution is -2.12. The van der Waals surface area contributed by atoms with Gasteiger partial charge in [-0.15, -0.1) is 11.8 Å². The van der Waals surface area contributed by atoms with Gasteiger partial charge in [0.2, 0.25) is 5.91 Å². The first-order chi connectivity index (χ1) is 5.68. The molecule has 0 atom stereocenters. The van der Waals surface area contributed by atoms with Gasteiger partial charge in [0, 0.05) is 10.6 Å². The van der Waals surface area contributed by atoms with Crippen LogP contribution in [0.2, 0.25) is 0 Å². The Balaban J connectivity index is 2.53. The van der Waals surface area contributed by atoms with Gasteiger partial charge in [0.15, 0.2) is 0 Å². The Morgan fingerprint density at radius 3 is 2.42 bits per heavy atom. The third kappa shape index (κ3) is 2.84. The van der Waals surface area contributed by atoms with E-state index in [4.69, 9.17) is 11.5 Å². The minimum atomic E-state index is -0.308. The normalized spacial score (nSPS) is 9.67. The fourth-order valence-corrected chi connectivity index (χ4v) is 1.36. The Labute approximate surface area is 75.1 Å². The molecule has 0 radical (unpaired) electrons. The molecule has 64 valence electrons. The molecule has 0 unspecified atom stereocenters. The van der Waals surface area contributed by atoms with E-state index in [2.05, 4.69) is 0 Å². The summed E-state index contributed by atoms with van der Waals surface area (Å²) >= 11 is 1.41. The number of nitrogen functional groups attached to an aromatic ring is 1. The molecule has 0 heterocycles. The van der Waals surface area contributed by atoms with Crippen molar-refractivity contribution in [1.29, 1.82) is 0 Å². The van der Waals surface area contributed by atoms with Crippen LogP contribution in [0.25, 0.3) is 0 Å². The van der Waals surface area contributed by atoms with E-state index in [0.29, 0.717) is 5.75 Å². The maximum Gasteiger partial charge on any atom is 0.227 e. The third-order valence-electron chi connectivity index (χ3n) is 1.26. The molecule has 1 rings (SSSR count). The highest BCUT2D eigenvalue weighted by Crippen LogP contribution is 2.18. The van der Waals surface area contributed by atoms with Crippen LogP contribution in [-0.2, 0) is 4.79 Å². The summed E-state index contributed by atoms with van der Waals surface area (Å²) in [5, 5.41) is 0. The Hall–Kier alpha value is -1.16. The molecule has 12 heavy (non-hydrogen) atoms. The second-order valence-electron chi connectivity index (χ2n) is 2.32. The van der Waals surface area contributed by atoms with Gasteiger partial charge < -0.3 is 11.5 Å². The van der Waals surface area contributed by atoms with Gasteiger partial charge in [-0.05, 0) is 24.3 Å². The molecule has 0 saturated heterocycles. The average molecular weight is 182 g/mol. The number of carbonyl (C=O) groups is 1. The molecule has 0 fully saturated rings. The fourth-order valence-electron chi connectivity index (χ4n) is 0.719. The summed E-state index contributed by atoms with van der Waals surface area (Å²) in [5.74, 6) is 0.000947. The molecule has 4 N–H and O–H groups in total. The van der Waals surface area contributed by atoms with Crippen LogP contribution < -0.4 is 11.5 Å². The Kier molecular flexibility index (Phi) is 2.99. The van der Waals surface area contributed by atoms with E-state index < -0.39 is 0 Å². The number of hydrogen-bond donors (Lipinski definition) is 2. The Morgan fingerprint density at radius 2 is 1.92 bits per heavy atom. The zero-order valence-electron chi connectivity index (χ0n) is 6.49. The zero-order valence-corrected chi connectivity index (χ0v) is 7.30. The first-order valence-corrected chi connectivity index (χ1v) is 4.43. The highest BCUT2D eigenvalue weighted by atomic mass is 32.2. The number of benzene rings is 1. The molecule has 0 spiro atoms. The van der Waals surface area contributed by atoms with Crippen LogP contribution in [0.1, 0.15) is 0 Å². The van der Waals surface area contributed by atoms with E-state index in [9.17, 15) is 4.79 Å². The van der Waals surface area contributed by atoms with Crippen LogP contribution >= 0.6 is 11.8 Å². The second kappa shape index (κ2) is 4.01. The topological polar surface area (TPSA) is 69.1 Å². The van der Waals surface area contributed by atoms with Crippen molar-refractivity contribution < 1.29 is 4.79 Å². The molecular formula is C8H10N2OS. The lowest BCUT2D eigenvalue weighted by molar-refractivity contribution is -0.115. The number of anilines is 1. The number of nitrogens with two attached hydrogens (primary N) is 2. The Morgan fingerprint density at radius 1 is 1.33 bits per heavy atom. The predicted molar refractivity (Wildman–Crippen MR) is 50.8 cm³/mol.